The van der Waals surface area contributed by atoms with Crippen molar-refractivity contribution in [3.05, 3.63) is 35.9 Å². The van der Waals surface area contributed by atoms with Crippen molar-refractivity contribution >= 4 is 11.8 Å². The first kappa shape index (κ1) is 17.4. The number of hydrogen-bond donors (Lipinski definition) is 2. The quantitative estimate of drug-likeness (QED) is 0.800. The third kappa shape index (κ3) is 5.33. The molecule has 2 rings (SSSR count). The van der Waals surface area contributed by atoms with E-state index in [1.807, 2.05) is 30.3 Å². The number of nitrogens with two attached hydrogens (primary N) is 1. The minimum Gasteiger partial charge on any atom is -0.381 e. The summed E-state index contributed by atoms with van der Waals surface area (Å²) >= 11 is 0. The number of carbonyl (C=O) groups excluding carboxylic acids is 2. The second kappa shape index (κ2) is 8.64. The van der Waals surface area contributed by atoms with E-state index in [4.69, 9.17) is 10.5 Å². The van der Waals surface area contributed by atoms with Gasteiger partial charge in [-0.15, -0.1) is 0 Å². The van der Waals surface area contributed by atoms with Crippen molar-refractivity contribution < 1.29 is 14.3 Å². The van der Waals surface area contributed by atoms with Gasteiger partial charge in [-0.2, -0.15) is 0 Å². The molecule has 1 aliphatic heterocycles. The predicted octanol–water partition coefficient (Wildman–Crippen LogP) is 0.515. The monoisotopic (exact) mass is 319 g/mol. The first-order valence-electron chi connectivity index (χ1n) is 7.97. The highest BCUT2D eigenvalue weighted by molar-refractivity contribution is 5.87. The number of amides is 2. The Balaban J connectivity index is 1.75. The largest absolute Gasteiger partial charge is 0.381 e. The molecule has 0 bridgehead atoms. The topological polar surface area (TPSA) is 84.7 Å². The average molecular weight is 319 g/mol. The Hall–Kier alpha value is -1.92. The Labute approximate surface area is 137 Å². The Morgan fingerprint density at radius 2 is 1.96 bits per heavy atom. The Bertz CT molecular complexity index is 515. The van der Waals surface area contributed by atoms with Crippen LogP contribution in [-0.2, 0) is 20.9 Å². The van der Waals surface area contributed by atoms with Crippen LogP contribution in [0.1, 0.15) is 18.4 Å². The van der Waals surface area contributed by atoms with Gasteiger partial charge in [-0.1, -0.05) is 30.3 Å². The number of likely N-dealkylation sites (N-methyl/N-ethyl adjacent to an activating group) is 1. The third-order valence-corrected chi connectivity index (χ3v) is 4.18. The molecule has 0 aliphatic carbocycles. The zero-order valence-electron chi connectivity index (χ0n) is 13.5. The zero-order chi connectivity index (χ0) is 16.7. The van der Waals surface area contributed by atoms with E-state index in [0.717, 1.165) is 18.4 Å². The second-order valence-electron chi connectivity index (χ2n) is 5.93. The van der Waals surface area contributed by atoms with E-state index in [-0.39, 0.29) is 24.3 Å². The van der Waals surface area contributed by atoms with Crippen molar-refractivity contribution in [1.82, 2.24) is 10.2 Å². The minimum atomic E-state index is -0.578. The van der Waals surface area contributed by atoms with Gasteiger partial charge in [-0.3, -0.25) is 9.59 Å². The molecular formula is C17H25N3O3. The van der Waals surface area contributed by atoms with Crippen LogP contribution < -0.4 is 11.1 Å². The van der Waals surface area contributed by atoms with Gasteiger partial charge in [0.2, 0.25) is 11.8 Å². The van der Waals surface area contributed by atoms with Crippen molar-refractivity contribution in [2.24, 2.45) is 11.7 Å². The van der Waals surface area contributed by atoms with Gasteiger partial charge in [0.05, 0.1) is 12.6 Å². The number of carbonyl (C=O) groups is 2. The van der Waals surface area contributed by atoms with Crippen molar-refractivity contribution in [1.29, 1.82) is 0 Å². The molecule has 0 spiro atoms. The zero-order valence-corrected chi connectivity index (χ0v) is 13.5. The van der Waals surface area contributed by atoms with E-state index in [1.54, 1.807) is 11.9 Å². The van der Waals surface area contributed by atoms with Crippen LogP contribution in [0.5, 0.6) is 0 Å². The molecule has 23 heavy (non-hydrogen) atoms. The molecule has 126 valence electrons. The van der Waals surface area contributed by atoms with E-state index in [2.05, 4.69) is 5.32 Å². The molecule has 1 heterocycles. The maximum Gasteiger partial charge on any atom is 0.242 e. The Morgan fingerprint density at radius 3 is 2.61 bits per heavy atom. The summed E-state index contributed by atoms with van der Waals surface area (Å²) in [5.74, 6) is -0.277. The lowest BCUT2D eigenvalue weighted by atomic mass is 9.92. The Kier molecular flexibility index (Phi) is 6.55. The van der Waals surface area contributed by atoms with E-state index in [0.29, 0.717) is 19.8 Å². The second-order valence-corrected chi connectivity index (χ2v) is 5.93. The lowest BCUT2D eigenvalue weighted by Crippen LogP contribution is -2.49. The molecule has 1 aromatic rings. The van der Waals surface area contributed by atoms with Crippen LogP contribution in [0.15, 0.2) is 30.3 Å². The van der Waals surface area contributed by atoms with Gasteiger partial charge in [0.15, 0.2) is 0 Å². The molecule has 1 aliphatic rings. The molecule has 1 atom stereocenters. The fourth-order valence-electron chi connectivity index (χ4n) is 2.65. The van der Waals surface area contributed by atoms with E-state index in [1.165, 1.54) is 0 Å². The first-order chi connectivity index (χ1) is 11.1. The number of nitrogens with one attached hydrogen (secondary N) is 1. The van der Waals surface area contributed by atoms with E-state index in [9.17, 15) is 9.59 Å². The van der Waals surface area contributed by atoms with Crippen LogP contribution in [0.3, 0.4) is 0 Å². The molecule has 1 unspecified atom stereocenters. The molecular weight excluding hydrogens is 294 g/mol. The molecule has 0 radical (unpaired) electrons. The highest BCUT2D eigenvalue weighted by Gasteiger charge is 2.26. The van der Waals surface area contributed by atoms with Gasteiger partial charge in [-0.05, 0) is 24.3 Å². The van der Waals surface area contributed by atoms with Crippen molar-refractivity contribution in [2.75, 3.05) is 26.8 Å². The van der Waals surface area contributed by atoms with Crippen molar-refractivity contribution in [3.63, 3.8) is 0 Å². The van der Waals surface area contributed by atoms with Crippen molar-refractivity contribution in [3.8, 4) is 0 Å². The summed E-state index contributed by atoms with van der Waals surface area (Å²) in [4.78, 5) is 25.8. The standard InChI is InChI=1S/C17H25N3O3/c1-20(12-13-5-3-2-4-6-13)15(21)11-19-17(22)16(18)14-7-9-23-10-8-14/h2-6,14,16H,7-12,18H2,1H3,(H,19,22). The number of rotatable bonds is 6. The number of benzene rings is 1. The minimum absolute atomic E-state index is 0.0287. The summed E-state index contributed by atoms with van der Waals surface area (Å²) in [5.41, 5.74) is 7.03. The van der Waals surface area contributed by atoms with Gasteiger partial charge >= 0.3 is 0 Å². The Morgan fingerprint density at radius 1 is 1.30 bits per heavy atom. The van der Waals surface area contributed by atoms with Crippen LogP contribution in [0, 0.1) is 5.92 Å². The SMILES string of the molecule is CN(Cc1ccccc1)C(=O)CNC(=O)C(N)C1CCOCC1. The van der Waals surface area contributed by atoms with Gasteiger partial charge in [-0.25, -0.2) is 0 Å². The fourth-order valence-corrected chi connectivity index (χ4v) is 2.65. The van der Waals surface area contributed by atoms with Crippen molar-refractivity contribution in [2.45, 2.75) is 25.4 Å². The van der Waals surface area contributed by atoms with Gasteiger partial charge in [0.25, 0.3) is 0 Å². The maximum atomic E-state index is 12.1. The molecule has 2 amide bonds. The number of nitrogens with zero attached hydrogens (tertiary/aromatic N) is 1. The van der Waals surface area contributed by atoms with Crippen LogP contribution in [0.25, 0.3) is 0 Å². The van der Waals surface area contributed by atoms with Gasteiger partial charge in [0, 0.05) is 26.8 Å². The fraction of sp³-hybridized carbons (Fsp3) is 0.529. The number of hydrogen-bond acceptors (Lipinski definition) is 4. The highest BCUT2D eigenvalue weighted by atomic mass is 16.5. The van der Waals surface area contributed by atoms with Gasteiger partial charge < -0.3 is 20.7 Å². The van der Waals surface area contributed by atoms with Crippen LogP contribution in [0.2, 0.25) is 0 Å². The highest BCUT2D eigenvalue weighted by Crippen LogP contribution is 2.17. The molecule has 1 fully saturated rings. The summed E-state index contributed by atoms with van der Waals surface area (Å²) in [6.07, 6.45) is 1.58. The summed E-state index contributed by atoms with van der Waals surface area (Å²) in [5, 5.41) is 2.65. The first-order valence-corrected chi connectivity index (χ1v) is 7.97. The maximum absolute atomic E-state index is 12.1. The van der Waals surface area contributed by atoms with Crippen LogP contribution in [0.4, 0.5) is 0 Å². The van der Waals surface area contributed by atoms with E-state index >= 15 is 0 Å². The normalized spacial score (nSPS) is 16.6. The lowest BCUT2D eigenvalue weighted by Gasteiger charge is -2.27. The molecule has 1 aromatic carbocycles. The summed E-state index contributed by atoms with van der Waals surface area (Å²) in [6, 6.07) is 9.15. The smallest absolute Gasteiger partial charge is 0.242 e. The summed E-state index contributed by atoms with van der Waals surface area (Å²) in [6.45, 7) is 1.77. The summed E-state index contributed by atoms with van der Waals surface area (Å²) < 4.78 is 5.27. The average Bonchev–Trinajstić information content (AvgIpc) is 2.60. The molecule has 1 saturated heterocycles. The summed E-state index contributed by atoms with van der Waals surface area (Å²) in [7, 11) is 1.72. The molecule has 0 aromatic heterocycles. The molecule has 3 N–H and O–H groups in total. The molecule has 6 nitrogen and oxygen atoms in total. The molecule has 0 saturated carbocycles. The number of ether oxygens (including phenoxy) is 1. The third-order valence-electron chi connectivity index (χ3n) is 4.18. The van der Waals surface area contributed by atoms with E-state index < -0.39 is 6.04 Å². The lowest BCUT2D eigenvalue weighted by molar-refractivity contribution is -0.133. The molecule has 6 heteroatoms. The predicted molar refractivity (Wildman–Crippen MR) is 87.4 cm³/mol. The van der Waals surface area contributed by atoms with Crippen LogP contribution >= 0.6 is 0 Å². The van der Waals surface area contributed by atoms with Crippen LogP contribution in [-0.4, -0.2) is 49.6 Å². The van der Waals surface area contributed by atoms with Gasteiger partial charge in [0.1, 0.15) is 0 Å².